The molecule has 1 aromatic heterocycles. The van der Waals surface area contributed by atoms with Crippen LogP contribution in [-0.2, 0) is 11.3 Å². The predicted octanol–water partition coefficient (Wildman–Crippen LogP) is 1.34. The number of rotatable bonds is 4. The van der Waals surface area contributed by atoms with Crippen molar-refractivity contribution in [3.05, 3.63) is 11.4 Å². The Morgan fingerprint density at radius 2 is 2.35 bits per heavy atom. The number of nitrogens with one attached hydrogen (secondary N) is 1. The van der Waals surface area contributed by atoms with Gasteiger partial charge in [-0.2, -0.15) is 0 Å². The van der Waals surface area contributed by atoms with Crippen LogP contribution >= 0.6 is 0 Å². The van der Waals surface area contributed by atoms with Gasteiger partial charge in [-0.1, -0.05) is 16.7 Å². The Labute approximate surface area is 118 Å². The minimum Gasteiger partial charge on any atom is -0.384 e. The van der Waals surface area contributed by atoms with Gasteiger partial charge in [-0.25, -0.2) is 9.42 Å². The molecule has 0 aliphatic carbocycles. The highest BCUT2D eigenvalue weighted by molar-refractivity contribution is 5.74. The summed E-state index contributed by atoms with van der Waals surface area (Å²) in [5.41, 5.74) is 1.38. The van der Waals surface area contributed by atoms with Gasteiger partial charge in [-0.3, -0.25) is 0 Å². The van der Waals surface area contributed by atoms with E-state index in [2.05, 4.69) is 20.3 Å². The van der Waals surface area contributed by atoms with E-state index in [0.29, 0.717) is 30.5 Å². The molecule has 7 nitrogen and oxygen atoms in total. The van der Waals surface area contributed by atoms with E-state index in [1.165, 1.54) is 0 Å². The number of hydrogen-bond acceptors (Lipinski definition) is 5. The number of carbonyl (C=O) groups is 1. The number of hydrogen-bond donors (Lipinski definition) is 1. The van der Waals surface area contributed by atoms with Crippen molar-refractivity contribution in [3.63, 3.8) is 0 Å². The van der Waals surface area contributed by atoms with Crippen LogP contribution in [-0.4, -0.2) is 48.1 Å². The summed E-state index contributed by atoms with van der Waals surface area (Å²) in [6.45, 7) is 4.39. The second-order valence-corrected chi connectivity index (χ2v) is 5.22. The number of amides is 2. The average Bonchev–Trinajstić information content (AvgIpc) is 2.70. The van der Waals surface area contributed by atoms with Crippen molar-refractivity contribution in [1.82, 2.24) is 20.5 Å². The summed E-state index contributed by atoms with van der Waals surface area (Å²) in [6.07, 6.45) is 3.30. The van der Waals surface area contributed by atoms with E-state index in [1.54, 1.807) is 14.0 Å². The van der Waals surface area contributed by atoms with E-state index in [0.717, 1.165) is 32.4 Å². The highest BCUT2D eigenvalue weighted by Crippen LogP contribution is 2.16. The van der Waals surface area contributed by atoms with Crippen LogP contribution in [0.2, 0.25) is 0 Å². The number of likely N-dealkylation sites (tertiary alicyclic amines) is 1. The standard InChI is InChI=1S/C13H22N4O3/c1-10-12(16-20-15-10)7-14-13(18)17-6-4-3-5-11(8-17)9-19-2/h11H,3-9H2,1-2H3,(H,14,18). The quantitative estimate of drug-likeness (QED) is 0.901. The van der Waals surface area contributed by atoms with Gasteiger partial charge >= 0.3 is 6.03 Å². The molecule has 0 bridgehead atoms. The first-order valence-corrected chi connectivity index (χ1v) is 7.00. The number of urea groups is 1. The van der Waals surface area contributed by atoms with E-state index in [4.69, 9.17) is 4.74 Å². The molecule has 1 unspecified atom stereocenters. The maximum Gasteiger partial charge on any atom is 0.317 e. The minimum atomic E-state index is -0.0598. The van der Waals surface area contributed by atoms with Crippen LogP contribution in [0.15, 0.2) is 4.63 Å². The van der Waals surface area contributed by atoms with Crippen LogP contribution in [0, 0.1) is 12.8 Å². The van der Waals surface area contributed by atoms with Gasteiger partial charge in [0, 0.05) is 20.2 Å². The predicted molar refractivity (Wildman–Crippen MR) is 72.1 cm³/mol. The molecule has 1 aliphatic rings. The summed E-state index contributed by atoms with van der Waals surface area (Å²) >= 11 is 0. The first-order chi connectivity index (χ1) is 9.70. The maximum absolute atomic E-state index is 12.2. The third-order valence-electron chi connectivity index (χ3n) is 3.61. The van der Waals surface area contributed by atoms with Gasteiger partial charge in [0.25, 0.3) is 0 Å². The lowest BCUT2D eigenvalue weighted by Crippen LogP contribution is -2.42. The van der Waals surface area contributed by atoms with Crippen LogP contribution in [0.5, 0.6) is 0 Å². The smallest absolute Gasteiger partial charge is 0.317 e. The van der Waals surface area contributed by atoms with E-state index in [-0.39, 0.29) is 6.03 Å². The van der Waals surface area contributed by atoms with E-state index in [9.17, 15) is 4.79 Å². The normalized spacial score (nSPS) is 19.7. The fourth-order valence-corrected chi connectivity index (χ4v) is 2.47. The third-order valence-corrected chi connectivity index (χ3v) is 3.61. The van der Waals surface area contributed by atoms with Crippen LogP contribution in [0.3, 0.4) is 0 Å². The van der Waals surface area contributed by atoms with Crippen LogP contribution in [0.1, 0.15) is 30.7 Å². The molecule has 1 saturated heterocycles. The van der Waals surface area contributed by atoms with E-state index in [1.807, 2.05) is 4.90 Å². The Morgan fingerprint density at radius 3 is 3.05 bits per heavy atom. The third kappa shape index (κ3) is 3.93. The van der Waals surface area contributed by atoms with Crippen molar-refractivity contribution >= 4 is 6.03 Å². The van der Waals surface area contributed by atoms with Crippen molar-refractivity contribution < 1.29 is 14.2 Å². The van der Waals surface area contributed by atoms with Crippen molar-refractivity contribution in [2.45, 2.75) is 32.7 Å². The zero-order valence-electron chi connectivity index (χ0n) is 12.1. The minimum absolute atomic E-state index is 0.0598. The molecule has 1 fully saturated rings. The molecule has 0 spiro atoms. The lowest BCUT2D eigenvalue weighted by molar-refractivity contribution is 0.129. The Morgan fingerprint density at radius 1 is 1.50 bits per heavy atom. The molecule has 1 atom stereocenters. The van der Waals surface area contributed by atoms with Crippen molar-refractivity contribution in [1.29, 1.82) is 0 Å². The lowest BCUT2D eigenvalue weighted by Gasteiger charge is -2.24. The molecule has 1 aliphatic heterocycles. The molecule has 7 heteroatoms. The monoisotopic (exact) mass is 282 g/mol. The Balaban J connectivity index is 1.85. The fraction of sp³-hybridized carbons (Fsp3) is 0.769. The summed E-state index contributed by atoms with van der Waals surface area (Å²) in [5.74, 6) is 0.420. The SMILES string of the molecule is COCC1CCCCN(C(=O)NCc2nonc2C)C1. The number of nitrogens with zero attached hydrogens (tertiary/aromatic N) is 3. The Kier molecular flexibility index (Phi) is 5.34. The Hall–Kier alpha value is -1.63. The van der Waals surface area contributed by atoms with Crippen molar-refractivity contribution in [2.75, 3.05) is 26.8 Å². The van der Waals surface area contributed by atoms with Gasteiger partial charge in [0.15, 0.2) is 0 Å². The van der Waals surface area contributed by atoms with Gasteiger partial charge in [-0.05, 0) is 25.7 Å². The maximum atomic E-state index is 12.2. The van der Waals surface area contributed by atoms with Gasteiger partial charge in [-0.15, -0.1) is 0 Å². The number of carbonyl (C=O) groups excluding carboxylic acids is 1. The van der Waals surface area contributed by atoms with Crippen molar-refractivity contribution in [2.24, 2.45) is 5.92 Å². The second-order valence-electron chi connectivity index (χ2n) is 5.22. The molecule has 0 aromatic carbocycles. The summed E-state index contributed by atoms with van der Waals surface area (Å²) in [4.78, 5) is 14.1. The largest absolute Gasteiger partial charge is 0.384 e. The molecule has 2 amide bonds. The first-order valence-electron chi connectivity index (χ1n) is 7.00. The first kappa shape index (κ1) is 14.8. The molecular weight excluding hydrogens is 260 g/mol. The van der Waals surface area contributed by atoms with Crippen LogP contribution in [0.4, 0.5) is 4.79 Å². The molecule has 112 valence electrons. The second kappa shape index (κ2) is 7.23. The highest BCUT2D eigenvalue weighted by atomic mass is 16.6. The van der Waals surface area contributed by atoms with E-state index >= 15 is 0 Å². The molecule has 2 heterocycles. The Bertz CT molecular complexity index is 435. The molecule has 1 aromatic rings. The summed E-state index contributed by atoms with van der Waals surface area (Å²) in [7, 11) is 1.70. The summed E-state index contributed by atoms with van der Waals surface area (Å²) in [5, 5.41) is 10.3. The van der Waals surface area contributed by atoms with Gasteiger partial charge in [0.05, 0.1) is 13.2 Å². The molecule has 0 radical (unpaired) electrons. The van der Waals surface area contributed by atoms with Crippen LogP contribution < -0.4 is 5.32 Å². The molecule has 2 rings (SSSR count). The summed E-state index contributed by atoms with van der Waals surface area (Å²) < 4.78 is 9.82. The molecule has 20 heavy (non-hydrogen) atoms. The number of aromatic nitrogens is 2. The lowest BCUT2D eigenvalue weighted by atomic mass is 10.1. The van der Waals surface area contributed by atoms with Gasteiger partial charge < -0.3 is 15.0 Å². The zero-order chi connectivity index (χ0) is 14.4. The number of methoxy groups -OCH3 is 1. The van der Waals surface area contributed by atoms with Crippen LogP contribution in [0.25, 0.3) is 0 Å². The number of aryl methyl sites for hydroxylation is 1. The molecular formula is C13H22N4O3. The number of ether oxygens (including phenoxy) is 1. The van der Waals surface area contributed by atoms with Gasteiger partial charge in [0.2, 0.25) is 0 Å². The topological polar surface area (TPSA) is 80.5 Å². The average molecular weight is 282 g/mol. The highest BCUT2D eigenvalue weighted by Gasteiger charge is 2.22. The zero-order valence-corrected chi connectivity index (χ0v) is 12.1. The van der Waals surface area contributed by atoms with E-state index < -0.39 is 0 Å². The van der Waals surface area contributed by atoms with Crippen molar-refractivity contribution in [3.8, 4) is 0 Å². The molecule has 0 saturated carbocycles. The fourth-order valence-electron chi connectivity index (χ4n) is 2.47. The molecule has 1 N–H and O–H groups in total. The van der Waals surface area contributed by atoms with Gasteiger partial charge in [0.1, 0.15) is 11.4 Å². The summed E-state index contributed by atoms with van der Waals surface area (Å²) in [6, 6.07) is -0.0598.